The first kappa shape index (κ1) is 15.5. The molecule has 0 aliphatic carbocycles. The SMILES string of the molecule is CN(C)CC1CCCN1c1cc(Cl)nc(C(C)(C)C)n1. The van der Waals surface area contributed by atoms with Gasteiger partial charge < -0.3 is 9.80 Å². The first-order valence-corrected chi connectivity index (χ1v) is 7.61. The summed E-state index contributed by atoms with van der Waals surface area (Å²) in [6.07, 6.45) is 2.43. The third-order valence-corrected chi connectivity index (χ3v) is 3.79. The Labute approximate surface area is 127 Å². The van der Waals surface area contributed by atoms with Crippen molar-refractivity contribution >= 4 is 17.4 Å². The van der Waals surface area contributed by atoms with E-state index in [0.717, 1.165) is 24.7 Å². The third-order valence-electron chi connectivity index (χ3n) is 3.60. The van der Waals surface area contributed by atoms with Gasteiger partial charge in [-0.2, -0.15) is 0 Å². The Balaban J connectivity index is 2.30. The standard InChI is InChI=1S/C15H25ClN4/c1-15(2,3)14-17-12(16)9-13(18-14)20-8-6-7-11(20)10-19(4)5/h9,11H,6-8,10H2,1-5H3. The molecule has 1 unspecified atom stereocenters. The second-order valence-electron chi connectivity index (χ2n) is 6.87. The molecule has 0 N–H and O–H groups in total. The molecule has 2 heterocycles. The monoisotopic (exact) mass is 296 g/mol. The first-order valence-electron chi connectivity index (χ1n) is 7.24. The number of halogens is 1. The maximum atomic E-state index is 6.20. The molecular formula is C15H25ClN4. The molecule has 0 radical (unpaired) electrons. The second kappa shape index (κ2) is 5.86. The van der Waals surface area contributed by atoms with Gasteiger partial charge in [-0.3, -0.25) is 0 Å². The van der Waals surface area contributed by atoms with Gasteiger partial charge in [0.25, 0.3) is 0 Å². The topological polar surface area (TPSA) is 32.3 Å². The highest BCUT2D eigenvalue weighted by Crippen LogP contribution is 2.28. The molecule has 0 bridgehead atoms. The number of aromatic nitrogens is 2. The van der Waals surface area contributed by atoms with Gasteiger partial charge in [-0.25, -0.2) is 9.97 Å². The fourth-order valence-corrected chi connectivity index (χ4v) is 2.81. The fourth-order valence-electron chi connectivity index (χ4n) is 2.64. The third kappa shape index (κ3) is 3.61. The van der Waals surface area contributed by atoms with Gasteiger partial charge in [0.15, 0.2) is 0 Å². The summed E-state index contributed by atoms with van der Waals surface area (Å²) in [4.78, 5) is 13.7. The predicted octanol–water partition coefficient (Wildman–Crippen LogP) is 2.96. The van der Waals surface area contributed by atoms with Crippen LogP contribution >= 0.6 is 11.6 Å². The van der Waals surface area contributed by atoms with Crippen LogP contribution in [-0.4, -0.2) is 48.1 Å². The van der Waals surface area contributed by atoms with Crippen molar-refractivity contribution in [3.05, 3.63) is 17.0 Å². The Bertz CT molecular complexity index is 467. The highest BCUT2D eigenvalue weighted by Gasteiger charge is 2.28. The van der Waals surface area contributed by atoms with Crippen LogP contribution < -0.4 is 4.90 Å². The van der Waals surface area contributed by atoms with Gasteiger partial charge in [0.2, 0.25) is 0 Å². The van der Waals surface area contributed by atoms with Crippen LogP contribution in [0, 0.1) is 0 Å². The van der Waals surface area contributed by atoms with E-state index in [1.54, 1.807) is 0 Å². The molecule has 5 heteroatoms. The van der Waals surface area contributed by atoms with E-state index in [-0.39, 0.29) is 5.41 Å². The zero-order chi connectivity index (χ0) is 14.9. The molecule has 2 rings (SSSR count). The number of nitrogens with zero attached hydrogens (tertiary/aromatic N) is 4. The molecule has 1 aliphatic heterocycles. The van der Waals surface area contributed by atoms with Crippen LogP contribution in [0.1, 0.15) is 39.4 Å². The van der Waals surface area contributed by atoms with E-state index in [1.807, 2.05) is 6.07 Å². The zero-order valence-electron chi connectivity index (χ0n) is 13.1. The summed E-state index contributed by atoms with van der Waals surface area (Å²) in [6.45, 7) is 8.44. The number of hydrogen-bond acceptors (Lipinski definition) is 4. The second-order valence-corrected chi connectivity index (χ2v) is 7.26. The van der Waals surface area contributed by atoms with Crippen LogP contribution in [0.5, 0.6) is 0 Å². The Morgan fingerprint density at radius 1 is 1.35 bits per heavy atom. The molecule has 4 nitrogen and oxygen atoms in total. The average molecular weight is 297 g/mol. The molecule has 1 atom stereocenters. The molecule has 0 amide bonds. The fraction of sp³-hybridized carbons (Fsp3) is 0.733. The minimum atomic E-state index is -0.0869. The summed E-state index contributed by atoms with van der Waals surface area (Å²) in [7, 11) is 4.23. The molecule has 0 saturated carbocycles. The Morgan fingerprint density at radius 3 is 2.65 bits per heavy atom. The molecular weight excluding hydrogens is 272 g/mol. The lowest BCUT2D eigenvalue weighted by atomic mass is 9.96. The molecule has 0 spiro atoms. The summed E-state index contributed by atoms with van der Waals surface area (Å²) in [5.74, 6) is 1.79. The van der Waals surface area contributed by atoms with Crippen LogP contribution in [0.25, 0.3) is 0 Å². The minimum Gasteiger partial charge on any atom is -0.352 e. The van der Waals surface area contributed by atoms with Crippen LogP contribution in [0.2, 0.25) is 5.15 Å². The highest BCUT2D eigenvalue weighted by molar-refractivity contribution is 6.29. The van der Waals surface area contributed by atoms with Crippen LogP contribution in [0.4, 0.5) is 5.82 Å². The summed E-state index contributed by atoms with van der Waals surface area (Å²) in [6, 6.07) is 2.41. The lowest BCUT2D eigenvalue weighted by molar-refractivity contribution is 0.371. The smallest absolute Gasteiger partial charge is 0.137 e. The van der Waals surface area contributed by atoms with Crippen molar-refractivity contribution in [1.29, 1.82) is 0 Å². The van der Waals surface area contributed by atoms with E-state index >= 15 is 0 Å². The van der Waals surface area contributed by atoms with E-state index in [9.17, 15) is 0 Å². The normalized spacial score (nSPS) is 19.9. The Morgan fingerprint density at radius 2 is 2.05 bits per heavy atom. The molecule has 1 aromatic rings. The van der Waals surface area contributed by atoms with Gasteiger partial charge in [0.05, 0.1) is 0 Å². The lowest BCUT2D eigenvalue weighted by Crippen LogP contribution is -2.38. The molecule has 20 heavy (non-hydrogen) atoms. The summed E-state index contributed by atoms with van der Waals surface area (Å²) in [5.41, 5.74) is -0.0869. The van der Waals surface area contributed by atoms with Gasteiger partial charge in [-0.05, 0) is 26.9 Å². The van der Waals surface area contributed by atoms with Gasteiger partial charge in [-0.1, -0.05) is 32.4 Å². The number of rotatable bonds is 3. The Kier molecular flexibility index (Phi) is 4.55. The van der Waals surface area contributed by atoms with E-state index in [1.165, 1.54) is 12.8 Å². The molecule has 0 aromatic carbocycles. The van der Waals surface area contributed by atoms with Crippen LogP contribution in [-0.2, 0) is 5.41 Å². The molecule has 1 fully saturated rings. The summed E-state index contributed by atoms with van der Waals surface area (Å²) in [5, 5.41) is 0.537. The molecule has 1 saturated heterocycles. The van der Waals surface area contributed by atoms with Gasteiger partial charge >= 0.3 is 0 Å². The molecule has 1 aromatic heterocycles. The van der Waals surface area contributed by atoms with Gasteiger partial charge in [0, 0.05) is 30.6 Å². The highest BCUT2D eigenvalue weighted by atomic mass is 35.5. The van der Waals surface area contributed by atoms with Gasteiger partial charge in [-0.15, -0.1) is 0 Å². The molecule has 112 valence electrons. The maximum Gasteiger partial charge on any atom is 0.137 e. The van der Waals surface area contributed by atoms with Crippen molar-refractivity contribution in [1.82, 2.24) is 14.9 Å². The zero-order valence-corrected chi connectivity index (χ0v) is 13.9. The minimum absolute atomic E-state index is 0.0869. The Hall–Kier alpha value is -0.870. The average Bonchev–Trinajstić information content (AvgIpc) is 2.74. The molecule has 1 aliphatic rings. The van der Waals surface area contributed by atoms with E-state index in [4.69, 9.17) is 16.6 Å². The summed E-state index contributed by atoms with van der Waals surface area (Å²) < 4.78 is 0. The summed E-state index contributed by atoms with van der Waals surface area (Å²) >= 11 is 6.20. The van der Waals surface area contributed by atoms with Crippen molar-refractivity contribution in [2.75, 3.05) is 32.1 Å². The van der Waals surface area contributed by atoms with Crippen molar-refractivity contribution in [3.63, 3.8) is 0 Å². The van der Waals surface area contributed by atoms with E-state index < -0.39 is 0 Å². The van der Waals surface area contributed by atoms with Crippen molar-refractivity contribution < 1.29 is 0 Å². The van der Waals surface area contributed by atoms with Crippen LogP contribution in [0.15, 0.2) is 6.07 Å². The lowest BCUT2D eigenvalue weighted by Gasteiger charge is -2.29. The predicted molar refractivity (Wildman–Crippen MR) is 84.7 cm³/mol. The largest absolute Gasteiger partial charge is 0.352 e. The quantitative estimate of drug-likeness (QED) is 0.803. The van der Waals surface area contributed by atoms with Crippen molar-refractivity contribution in [2.24, 2.45) is 0 Å². The van der Waals surface area contributed by atoms with E-state index in [2.05, 4.69) is 49.7 Å². The van der Waals surface area contributed by atoms with Gasteiger partial charge in [0.1, 0.15) is 16.8 Å². The number of anilines is 1. The van der Waals surface area contributed by atoms with Crippen LogP contribution in [0.3, 0.4) is 0 Å². The first-order chi connectivity index (χ1) is 9.27. The van der Waals surface area contributed by atoms with E-state index in [0.29, 0.717) is 11.2 Å². The van der Waals surface area contributed by atoms with Crippen molar-refractivity contribution in [2.45, 2.75) is 45.1 Å². The number of likely N-dealkylation sites (N-methyl/N-ethyl adjacent to an activating group) is 1. The maximum absolute atomic E-state index is 6.20. The van der Waals surface area contributed by atoms with Crippen molar-refractivity contribution in [3.8, 4) is 0 Å². The number of hydrogen-bond donors (Lipinski definition) is 0.